The van der Waals surface area contributed by atoms with Gasteiger partial charge in [-0.25, -0.2) is 14.4 Å². The van der Waals surface area contributed by atoms with Gasteiger partial charge in [0.1, 0.15) is 16.5 Å². The molecule has 6 nitrogen and oxygen atoms in total. The molecule has 0 saturated heterocycles. The number of aryl methyl sites for hydroxylation is 1. The monoisotopic (exact) mass is 359 g/mol. The number of thiazole rings is 1. The number of carbonyl (C=O) groups is 1. The third-order valence-electron chi connectivity index (χ3n) is 3.61. The Labute approximate surface area is 148 Å². The Kier molecular flexibility index (Phi) is 5.08. The lowest BCUT2D eigenvalue weighted by molar-refractivity contribution is 0.0954. The Hall–Kier alpha value is -2.74. The summed E-state index contributed by atoms with van der Waals surface area (Å²) in [6, 6.07) is 4.89. The van der Waals surface area contributed by atoms with E-state index in [2.05, 4.69) is 20.6 Å². The number of hydrogen-bond acceptors (Lipinski definition) is 5. The Morgan fingerprint density at radius 3 is 2.88 bits per heavy atom. The minimum atomic E-state index is -0.361. The number of rotatable bonds is 6. The normalized spacial score (nSPS) is 10.7. The second kappa shape index (κ2) is 7.43. The lowest BCUT2D eigenvalue weighted by atomic mass is 10.2. The maximum Gasteiger partial charge on any atom is 0.263 e. The highest BCUT2D eigenvalue weighted by Gasteiger charge is 2.11. The predicted molar refractivity (Wildman–Crippen MR) is 95.7 cm³/mol. The van der Waals surface area contributed by atoms with Gasteiger partial charge in [0.15, 0.2) is 5.13 Å². The molecule has 0 unspecified atom stereocenters. The summed E-state index contributed by atoms with van der Waals surface area (Å²) in [4.78, 5) is 20.9. The Morgan fingerprint density at radius 2 is 2.20 bits per heavy atom. The summed E-state index contributed by atoms with van der Waals surface area (Å²) in [5.41, 5.74) is 1.12. The third kappa shape index (κ3) is 3.85. The summed E-state index contributed by atoms with van der Waals surface area (Å²) >= 11 is 1.29. The molecular weight excluding hydrogens is 341 g/mol. The van der Waals surface area contributed by atoms with Crippen molar-refractivity contribution >= 4 is 22.4 Å². The van der Waals surface area contributed by atoms with Crippen LogP contribution in [0.1, 0.15) is 28.0 Å². The van der Waals surface area contributed by atoms with Crippen LogP contribution in [0.4, 0.5) is 9.52 Å². The van der Waals surface area contributed by atoms with Crippen LogP contribution < -0.4 is 10.6 Å². The second-order valence-corrected chi connectivity index (χ2v) is 6.40. The largest absolute Gasteiger partial charge is 0.362 e. The van der Waals surface area contributed by atoms with Gasteiger partial charge in [0.2, 0.25) is 0 Å². The molecule has 2 N–H and O–H groups in total. The van der Waals surface area contributed by atoms with Crippen LogP contribution in [0, 0.1) is 12.7 Å². The zero-order chi connectivity index (χ0) is 17.8. The van der Waals surface area contributed by atoms with Crippen LogP contribution in [0.5, 0.6) is 0 Å². The van der Waals surface area contributed by atoms with E-state index in [1.54, 1.807) is 29.1 Å². The number of amides is 1. The van der Waals surface area contributed by atoms with Crippen molar-refractivity contribution in [3.8, 4) is 5.69 Å². The third-order valence-corrected chi connectivity index (χ3v) is 4.56. The molecule has 1 amide bonds. The second-order valence-electron chi connectivity index (χ2n) is 5.37. The van der Waals surface area contributed by atoms with E-state index in [1.165, 1.54) is 23.6 Å². The molecule has 8 heteroatoms. The highest BCUT2D eigenvalue weighted by Crippen LogP contribution is 2.19. The fourth-order valence-electron chi connectivity index (χ4n) is 2.37. The average molecular weight is 359 g/mol. The van der Waals surface area contributed by atoms with Crippen molar-refractivity contribution < 1.29 is 9.18 Å². The van der Waals surface area contributed by atoms with E-state index in [-0.39, 0.29) is 18.3 Å². The van der Waals surface area contributed by atoms with Crippen LogP contribution in [0.15, 0.2) is 36.8 Å². The fourth-order valence-corrected chi connectivity index (χ4v) is 3.17. The highest BCUT2D eigenvalue weighted by atomic mass is 32.1. The standard InChI is InChI=1S/C17H18FN5OS/c1-3-19-17-22-10-15(25-17)16(24)21-9-12-4-5-14(13(18)8-12)23-7-6-20-11(23)2/h4-8,10H,3,9H2,1-2H3,(H,19,22)(H,21,24). The Balaban J connectivity index is 1.66. The Morgan fingerprint density at radius 1 is 1.36 bits per heavy atom. The van der Waals surface area contributed by atoms with Crippen molar-refractivity contribution in [1.29, 1.82) is 0 Å². The van der Waals surface area contributed by atoms with Crippen LogP contribution in [0.2, 0.25) is 0 Å². The first kappa shape index (κ1) is 17.1. The number of nitrogens with one attached hydrogen (secondary N) is 2. The first-order valence-corrected chi connectivity index (χ1v) is 8.66. The van der Waals surface area contributed by atoms with E-state index in [0.717, 1.165) is 6.54 Å². The quantitative estimate of drug-likeness (QED) is 0.709. The molecule has 2 aromatic heterocycles. The predicted octanol–water partition coefficient (Wildman–Crippen LogP) is 3.14. The number of carbonyl (C=O) groups excluding carboxylic acids is 1. The van der Waals surface area contributed by atoms with Crippen molar-refractivity contribution in [2.24, 2.45) is 0 Å². The van der Waals surface area contributed by atoms with Crippen molar-refractivity contribution in [1.82, 2.24) is 19.9 Å². The van der Waals surface area contributed by atoms with Crippen LogP contribution >= 0.6 is 11.3 Å². The molecule has 0 aliphatic heterocycles. The molecule has 0 atom stereocenters. The molecule has 0 radical (unpaired) electrons. The smallest absolute Gasteiger partial charge is 0.263 e. The van der Waals surface area contributed by atoms with Gasteiger partial charge in [0, 0.05) is 25.5 Å². The van der Waals surface area contributed by atoms with Gasteiger partial charge in [-0.15, -0.1) is 0 Å². The molecule has 130 valence electrons. The fraction of sp³-hybridized carbons (Fsp3) is 0.235. The molecule has 3 aromatic rings. The molecule has 0 fully saturated rings. The van der Waals surface area contributed by atoms with E-state index < -0.39 is 0 Å². The summed E-state index contributed by atoms with van der Waals surface area (Å²) in [5, 5.41) is 6.55. The lowest BCUT2D eigenvalue weighted by Crippen LogP contribution is -2.21. The number of nitrogens with zero attached hydrogens (tertiary/aromatic N) is 3. The van der Waals surface area contributed by atoms with Crippen molar-refractivity contribution in [2.45, 2.75) is 20.4 Å². The first-order valence-electron chi connectivity index (χ1n) is 7.85. The average Bonchev–Trinajstić information content (AvgIpc) is 3.22. The molecule has 0 spiro atoms. The number of anilines is 1. The molecule has 2 heterocycles. The molecule has 3 rings (SSSR count). The summed E-state index contributed by atoms with van der Waals surface area (Å²) in [7, 11) is 0. The highest BCUT2D eigenvalue weighted by molar-refractivity contribution is 7.17. The maximum absolute atomic E-state index is 14.4. The van der Waals surface area contributed by atoms with Crippen molar-refractivity contribution in [2.75, 3.05) is 11.9 Å². The van der Waals surface area contributed by atoms with Gasteiger partial charge < -0.3 is 15.2 Å². The summed E-state index contributed by atoms with van der Waals surface area (Å²) in [6.45, 7) is 4.76. The molecule has 25 heavy (non-hydrogen) atoms. The van der Waals surface area contributed by atoms with Gasteiger partial charge >= 0.3 is 0 Å². The Bertz CT molecular complexity index is 889. The van der Waals surface area contributed by atoms with Gasteiger partial charge in [0.05, 0.1) is 11.9 Å². The SMILES string of the molecule is CCNc1ncc(C(=O)NCc2ccc(-n3ccnc3C)c(F)c2)s1. The number of hydrogen-bond donors (Lipinski definition) is 2. The van der Waals surface area contributed by atoms with Crippen LogP contribution in [-0.2, 0) is 6.54 Å². The van der Waals surface area contributed by atoms with Crippen LogP contribution in [0.3, 0.4) is 0 Å². The van der Waals surface area contributed by atoms with E-state index in [0.29, 0.717) is 27.1 Å². The zero-order valence-electron chi connectivity index (χ0n) is 13.9. The van der Waals surface area contributed by atoms with E-state index in [1.807, 2.05) is 13.8 Å². The number of halogens is 1. The minimum Gasteiger partial charge on any atom is -0.362 e. The van der Waals surface area contributed by atoms with Gasteiger partial charge in [-0.05, 0) is 31.5 Å². The topological polar surface area (TPSA) is 71.8 Å². The van der Waals surface area contributed by atoms with E-state index in [9.17, 15) is 9.18 Å². The van der Waals surface area contributed by atoms with Crippen LogP contribution in [-0.4, -0.2) is 27.0 Å². The number of benzene rings is 1. The molecule has 0 saturated carbocycles. The van der Waals surface area contributed by atoms with E-state index >= 15 is 0 Å². The zero-order valence-corrected chi connectivity index (χ0v) is 14.7. The molecule has 0 bridgehead atoms. The van der Waals surface area contributed by atoms with Crippen molar-refractivity contribution in [3.05, 3.63) is 58.9 Å². The van der Waals surface area contributed by atoms with Gasteiger partial charge in [0.25, 0.3) is 5.91 Å². The molecule has 0 aliphatic carbocycles. The minimum absolute atomic E-state index is 0.225. The van der Waals surface area contributed by atoms with E-state index in [4.69, 9.17) is 0 Å². The first-order chi connectivity index (χ1) is 12.1. The number of imidazole rings is 1. The summed E-state index contributed by atoms with van der Waals surface area (Å²) in [6.07, 6.45) is 4.87. The van der Waals surface area contributed by atoms with Crippen molar-refractivity contribution in [3.63, 3.8) is 0 Å². The molecule has 1 aromatic carbocycles. The summed E-state index contributed by atoms with van der Waals surface area (Å²) in [5.74, 6) is 0.123. The molecular formula is C17H18FN5OS. The molecule has 0 aliphatic rings. The van der Waals surface area contributed by atoms with Gasteiger partial charge in [-0.1, -0.05) is 17.4 Å². The van der Waals surface area contributed by atoms with Gasteiger partial charge in [-0.2, -0.15) is 0 Å². The van der Waals surface area contributed by atoms with Crippen LogP contribution in [0.25, 0.3) is 5.69 Å². The van der Waals surface area contributed by atoms with Gasteiger partial charge in [-0.3, -0.25) is 4.79 Å². The summed E-state index contributed by atoms with van der Waals surface area (Å²) < 4.78 is 16.0. The maximum atomic E-state index is 14.4. The lowest BCUT2D eigenvalue weighted by Gasteiger charge is -2.09. The number of aromatic nitrogens is 3.